The van der Waals surface area contributed by atoms with E-state index < -0.39 is 5.97 Å². The van der Waals surface area contributed by atoms with E-state index in [0.717, 1.165) is 11.1 Å². The van der Waals surface area contributed by atoms with E-state index in [1.165, 1.54) is 79.9 Å². The van der Waals surface area contributed by atoms with E-state index in [-0.39, 0.29) is 12.4 Å². The van der Waals surface area contributed by atoms with Gasteiger partial charge in [0.25, 0.3) is 0 Å². The van der Waals surface area contributed by atoms with Crippen molar-refractivity contribution in [1.82, 2.24) is 4.57 Å². The Hall–Kier alpha value is -5.50. The van der Waals surface area contributed by atoms with Crippen molar-refractivity contribution in [2.45, 2.75) is 44.2 Å². The minimum Gasteiger partial charge on any atom is -0.494 e. The van der Waals surface area contributed by atoms with Gasteiger partial charge < -0.3 is 15.1 Å². The van der Waals surface area contributed by atoms with Crippen molar-refractivity contribution in [2.24, 2.45) is 0 Å². The summed E-state index contributed by atoms with van der Waals surface area (Å²) in [6.07, 6.45) is 10.8. The lowest BCUT2D eigenvalue weighted by Crippen LogP contribution is -2.26. The number of carboxylic acid groups (broad SMARTS) is 1. The number of thiazole rings is 1. The number of anilines is 2. The fourth-order valence-electron chi connectivity index (χ4n) is 7.74. The van der Waals surface area contributed by atoms with E-state index >= 15 is 0 Å². The molecule has 0 bridgehead atoms. The van der Waals surface area contributed by atoms with Crippen molar-refractivity contribution < 1.29 is 15.0 Å². The zero-order valence-corrected chi connectivity index (χ0v) is 30.2. The van der Waals surface area contributed by atoms with Crippen LogP contribution in [-0.4, -0.2) is 26.8 Å². The van der Waals surface area contributed by atoms with Crippen LogP contribution >= 0.6 is 23.6 Å². The molecule has 0 spiro atoms. The molecule has 1 fully saturated rings. The minimum absolute atomic E-state index is 0.0634. The van der Waals surface area contributed by atoms with Crippen LogP contribution in [0.4, 0.5) is 11.4 Å². The smallest absolute Gasteiger partial charge is 0.323 e. The molecule has 1 aliphatic heterocycles. The van der Waals surface area contributed by atoms with Crippen LogP contribution in [-0.2, 0) is 17.8 Å². The maximum Gasteiger partial charge on any atom is 0.323 e. The molecule has 2 N–H and O–H groups in total. The fraction of sp³-hybridized carbons (Fsp3) is 0.156. The summed E-state index contributed by atoms with van der Waals surface area (Å²) < 4.78 is 1.62. The van der Waals surface area contributed by atoms with Gasteiger partial charge >= 0.3 is 5.97 Å². The Labute approximate surface area is 313 Å². The molecule has 6 aromatic rings. The summed E-state index contributed by atoms with van der Waals surface area (Å²) in [5, 5.41) is 19.7. The van der Waals surface area contributed by atoms with E-state index in [1.54, 1.807) is 0 Å². The number of rotatable bonds is 10. The van der Waals surface area contributed by atoms with Gasteiger partial charge in [0.1, 0.15) is 6.54 Å². The van der Waals surface area contributed by atoms with Crippen LogP contribution in [0.2, 0.25) is 0 Å². The molecule has 52 heavy (non-hydrogen) atoms. The zero-order valence-electron chi connectivity index (χ0n) is 28.6. The van der Waals surface area contributed by atoms with Gasteiger partial charge in [0.2, 0.25) is 5.88 Å². The number of carbonyl (C=O) groups is 1. The molecule has 1 aromatic heterocycles. The first kappa shape index (κ1) is 33.6. The molecule has 2 aliphatic rings. The van der Waals surface area contributed by atoms with Gasteiger partial charge in [-0.3, -0.25) is 9.36 Å². The predicted molar refractivity (Wildman–Crippen MR) is 216 cm³/mol. The molecule has 1 saturated carbocycles. The predicted octanol–water partition coefficient (Wildman–Crippen LogP) is 11.2. The third-order valence-electron chi connectivity index (χ3n) is 10.2. The highest BCUT2D eigenvalue weighted by molar-refractivity contribution is 7.73. The second kappa shape index (κ2) is 14.6. The highest BCUT2D eigenvalue weighted by Crippen LogP contribution is 2.52. The second-order valence-electron chi connectivity index (χ2n) is 13.5. The van der Waals surface area contributed by atoms with E-state index in [4.69, 9.17) is 17.3 Å². The van der Waals surface area contributed by atoms with Crippen molar-refractivity contribution in [3.05, 3.63) is 175 Å². The van der Waals surface area contributed by atoms with E-state index in [2.05, 4.69) is 138 Å². The summed E-state index contributed by atoms with van der Waals surface area (Å²) in [5.41, 5.74) is 12.1. The first-order chi connectivity index (χ1) is 25.4. The van der Waals surface area contributed by atoms with Crippen LogP contribution in [0.3, 0.4) is 0 Å². The molecule has 8 rings (SSSR count). The molecule has 5 aromatic carbocycles. The standard InChI is InChI=1S/C45H38N2O3S2/c48-43(49)29-46-44(50)42(52-45(46)51)28-33-18-15-30(16-19-33)14-17-31-22-25-41-39(27-31)37-12-7-13-40(37)47(41)36-23-20-32(21-24-36)26-38(34-8-3-1-4-9-34)35-10-5-2-6-11-35/h1-6,8-11,14-27,37,40,50H,7,12-13,28-29H2,(H,48,49). The Morgan fingerprint density at radius 1 is 0.788 bits per heavy atom. The number of hydrogen-bond donors (Lipinski definition) is 2. The molecule has 2 heterocycles. The minimum atomic E-state index is -1.04. The SMILES string of the molecule is O=C(O)Cn1c(O)c(Cc2ccc(C=Cc3ccc4c(c3)C3CCCC3N4c3ccc(C=C(c4ccccc4)c4ccccc4)cc3)cc2)sc1=S. The lowest BCUT2D eigenvalue weighted by atomic mass is 9.95. The number of hydrogen-bond acceptors (Lipinski definition) is 5. The maximum absolute atomic E-state index is 11.1. The maximum atomic E-state index is 11.1. The number of aliphatic carboxylic acids is 1. The topological polar surface area (TPSA) is 65.7 Å². The van der Waals surface area contributed by atoms with Crippen molar-refractivity contribution in [2.75, 3.05) is 4.90 Å². The first-order valence-electron chi connectivity index (χ1n) is 17.7. The van der Waals surface area contributed by atoms with Crippen molar-refractivity contribution >= 4 is 64.7 Å². The summed E-state index contributed by atoms with van der Waals surface area (Å²) >= 11 is 6.52. The van der Waals surface area contributed by atoms with Gasteiger partial charge in [-0.25, -0.2) is 0 Å². The summed E-state index contributed by atoms with van der Waals surface area (Å²) in [6.45, 7) is -0.343. The van der Waals surface area contributed by atoms with Gasteiger partial charge in [-0.15, -0.1) is 11.3 Å². The van der Waals surface area contributed by atoms with Crippen LogP contribution in [0.15, 0.2) is 127 Å². The number of carboxylic acids is 1. The molecule has 0 radical (unpaired) electrons. The molecule has 2 unspecified atom stereocenters. The normalized spacial score (nSPS) is 16.2. The second-order valence-corrected chi connectivity index (χ2v) is 15.2. The molecule has 0 amide bonds. The fourth-order valence-corrected chi connectivity index (χ4v) is 9.10. The zero-order chi connectivity index (χ0) is 35.6. The number of fused-ring (bicyclic) bond motifs is 3. The van der Waals surface area contributed by atoms with Crippen LogP contribution in [0.1, 0.15) is 69.0 Å². The van der Waals surface area contributed by atoms with Gasteiger partial charge in [0.15, 0.2) is 3.95 Å². The average molecular weight is 719 g/mol. The van der Waals surface area contributed by atoms with E-state index in [0.29, 0.717) is 27.2 Å². The Morgan fingerprint density at radius 2 is 1.42 bits per heavy atom. The quantitative estimate of drug-likeness (QED) is 0.109. The lowest BCUT2D eigenvalue weighted by molar-refractivity contribution is -0.137. The Kier molecular flexibility index (Phi) is 9.46. The summed E-state index contributed by atoms with van der Waals surface area (Å²) in [7, 11) is 0. The van der Waals surface area contributed by atoms with Crippen LogP contribution in [0.5, 0.6) is 5.88 Å². The van der Waals surface area contributed by atoms with Gasteiger partial charge in [0.05, 0.1) is 4.88 Å². The Bertz CT molecular complexity index is 2300. The van der Waals surface area contributed by atoms with E-state index in [1.807, 2.05) is 12.1 Å². The van der Waals surface area contributed by atoms with Crippen LogP contribution < -0.4 is 4.90 Å². The van der Waals surface area contributed by atoms with Crippen molar-refractivity contribution in [3.63, 3.8) is 0 Å². The summed E-state index contributed by atoms with van der Waals surface area (Å²) in [4.78, 5) is 14.4. The van der Waals surface area contributed by atoms with E-state index in [9.17, 15) is 9.90 Å². The highest BCUT2D eigenvalue weighted by Gasteiger charge is 2.42. The molecule has 7 heteroatoms. The van der Waals surface area contributed by atoms with Gasteiger partial charge in [-0.2, -0.15) is 0 Å². The first-order valence-corrected chi connectivity index (χ1v) is 18.9. The molecule has 0 saturated heterocycles. The largest absolute Gasteiger partial charge is 0.494 e. The Balaban J connectivity index is 1.000. The molecule has 258 valence electrons. The van der Waals surface area contributed by atoms with Gasteiger partial charge in [-0.1, -0.05) is 122 Å². The third kappa shape index (κ3) is 6.90. The molecule has 2 atom stereocenters. The molecular weight excluding hydrogens is 681 g/mol. The van der Waals surface area contributed by atoms with Gasteiger partial charge in [0, 0.05) is 29.8 Å². The van der Waals surface area contributed by atoms with Crippen LogP contribution in [0.25, 0.3) is 23.8 Å². The number of nitrogens with zero attached hydrogens (tertiary/aromatic N) is 2. The van der Waals surface area contributed by atoms with Crippen molar-refractivity contribution in [3.8, 4) is 5.88 Å². The van der Waals surface area contributed by atoms with Gasteiger partial charge in [-0.05, 0) is 99.9 Å². The third-order valence-corrected chi connectivity index (χ3v) is 11.7. The average Bonchev–Trinajstić information content (AvgIpc) is 3.84. The summed E-state index contributed by atoms with van der Waals surface area (Å²) in [6, 6.07) is 45.9. The molecule has 1 aliphatic carbocycles. The Morgan fingerprint density at radius 3 is 2.10 bits per heavy atom. The molecule has 5 nitrogen and oxygen atoms in total. The highest BCUT2D eigenvalue weighted by atomic mass is 32.1. The number of benzene rings is 5. The monoisotopic (exact) mass is 718 g/mol. The lowest BCUT2D eigenvalue weighted by Gasteiger charge is -2.27. The number of aromatic hydroxyl groups is 1. The summed E-state index contributed by atoms with van der Waals surface area (Å²) in [5.74, 6) is -0.568. The van der Waals surface area contributed by atoms with Crippen molar-refractivity contribution in [1.29, 1.82) is 0 Å². The number of aromatic nitrogens is 1. The van der Waals surface area contributed by atoms with Crippen LogP contribution in [0, 0.1) is 3.95 Å². The molecular formula is C45H38N2O3S2.